The Hall–Kier alpha value is -0.940. The van der Waals surface area contributed by atoms with Crippen LogP contribution in [0.5, 0.6) is 0 Å². The molecule has 0 spiro atoms. The number of carbonyl (C=O) groups excluding carboxylic acids is 1. The number of aromatic nitrogens is 1. The average Bonchev–Trinajstić information content (AvgIpc) is 2.76. The molecule has 1 unspecified atom stereocenters. The Morgan fingerprint density at radius 1 is 1.79 bits per heavy atom. The standard InChI is InChI=1S/C9H12N2O2S/c12-8(6-7-2-1-4-13-7)11-9-10-3-5-14-9/h3,5,7H,1-2,4,6H2,(H,10,11,12). The zero-order valence-electron chi connectivity index (χ0n) is 7.73. The highest BCUT2D eigenvalue weighted by molar-refractivity contribution is 7.13. The van der Waals surface area contributed by atoms with Gasteiger partial charge < -0.3 is 10.1 Å². The van der Waals surface area contributed by atoms with Crippen LogP contribution < -0.4 is 5.32 Å². The summed E-state index contributed by atoms with van der Waals surface area (Å²) in [5.41, 5.74) is 0. The number of nitrogens with zero attached hydrogens (tertiary/aromatic N) is 1. The van der Waals surface area contributed by atoms with Gasteiger partial charge in [0.15, 0.2) is 5.13 Å². The van der Waals surface area contributed by atoms with E-state index in [1.807, 2.05) is 5.38 Å². The van der Waals surface area contributed by atoms with Crippen LogP contribution in [0.1, 0.15) is 19.3 Å². The number of nitrogens with one attached hydrogen (secondary N) is 1. The second-order valence-electron chi connectivity index (χ2n) is 3.22. The molecule has 1 N–H and O–H groups in total. The summed E-state index contributed by atoms with van der Waals surface area (Å²) in [7, 11) is 0. The third-order valence-electron chi connectivity index (χ3n) is 2.12. The van der Waals surface area contributed by atoms with Crippen LogP contribution in [0, 0.1) is 0 Å². The molecule has 0 aromatic carbocycles. The largest absolute Gasteiger partial charge is 0.378 e. The van der Waals surface area contributed by atoms with Gasteiger partial charge >= 0.3 is 0 Å². The lowest BCUT2D eigenvalue weighted by atomic mass is 10.2. The predicted octanol–water partition coefficient (Wildman–Crippen LogP) is 1.65. The molecule has 2 heterocycles. The molecule has 2 rings (SSSR count). The maximum absolute atomic E-state index is 11.4. The third kappa shape index (κ3) is 2.52. The van der Waals surface area contributed by atoms with Gasteiger partial charge in [0.2, 0.25) is 5.91 Å². The highest BCUT2D eigenvalue weighted by atomic mass is 32.1. The van der Waals surface area contributed by atoms with Crippen molar-refractivity contribution < 1.29 is 9.53 Å². The van der Waals surface area contributed by atoms with Gasteiger partial charge in [-0.15, -0.1) is 11.3 Å². The van der Waals surface area contributed by atoms with Gasteiger partial charge in [-0.05, 0) is 12.8 Å². The fraction of sp³-hybridized carbons (Fsp3) is 0.556. The second kappa shape index (κ2) is 4.52. The molecule has 76 valence electrons. The van der Waals surface area contributed by atoms with Gasteiger partial charge in [-0.1, -0.05) is 0 Å². The summed E-state index contributed by atoms with van der Waals surface area (Å²) >= 11 is 1.43. The van der Waals surface area contributed by atoms with Crippen LogP contribution in [0.4, 0.5) is 5.13 Å². The minimum absolute atomic E-state index is 0.00755. The van der Waals surface area contributed by atoms with Gasteiger partial charge in [0.1, 0.15) is 0 Å². The molecule has 0 bridgehead atoms. The first-order valence-corrected chi connectivity index (χ1v) is 5.53. The van der Waals surface area contributed by atoms with Crippen LogP contribution in [-0.4, -0.2) is 23.6 Å². The van der Waals surface area contributed by atoms with Crippen molar-refractivity contribution in [3.8, 4) is 0 Å². The Kier molecular flexibility index (Phi) is 3.10. The number of hydrogen-bond acceptors (Lipinski definition) is 4. The minimum Gasteiger partial charge on any atom is -0.378 e. The topological polar surface area (TPSA) is 51.2 Å². The van der Waals surface area contributed by atoms with Crippen LogP contribution in [0.15, 0.2) is 11.6 Å². The normalized spacial score (nSPS) is 21.0. The summed E-state index contributed by atoms with van der Waals surface area (Å²) in [4.78, 5) is 15.4. The van der Waals surface area contributed by atoms with Crippen LogP contribution in [0.3, 0.4) is 0 Å². The Morgan fingerprint density at radius 3 is 3.36 bits per heavy atom. The third-order valence-corrected chi connectivity index (χ3v) is 2.80. The molecule has 14 heavy (non-hydrogen) atoms. The molecule has 4 nitrogen and oxygen atoms in total. The van der Waals surface area contributed by atoms with Gasteiger partial charge in [0.05, 0.1) is 12.5 Å². The molecule has 0 aliphatic carbocycles. The molecule has 1 aromatic heterocycles. The molecule has 1 aromatic rings. The van der Waals surface area contributed by atoms with Gasteiger partial charge in [-0.3, -0.25) is 4.79 Å². The quantitative estimate of drug-likeness (QED) is 0.828. The van der Waals surface area contributed by atoms with E-state index < -0.39 is 0 Å². The Balaban J connectivity index is 1.78. The second-order valence-corrected chi connectivity index (χ2v) is 4.12. The van der Waals surface area contributed by atoms with E-state index in [9.17, 15) is 4.79 Å². The zero-order valence-corrected chi connectivity index (χ0v) is 8.55. The number of carbonyl (C=O) groups is 1. The van der Waals surface area contributed by atoms with Crippen molar-refractivity contribution in [3.63, 3.8) is 0 Å². The highest BCUT2D eigenvalue weighted by Gasteiger charge is 2.19. The maximum Gasteiger partial charge on any atom is 0.228 e. The molecule has 1 aliphatic heterocycles. The maximum atomic E-state index is 11.4. The van der Waals surface area contributed by atoms with E-state index in [1.54, 1.807) is 6.20 Å². The summed E-state index contributed by atoms with van der Waals surface area (Å²) in [6.45, 7) is 0.787. The summed E-state index contributed by atoms with van der Waals surface area (Å²) < 4.78 is 5.36. The summed E-state index contributed by atoms with van der Waals surface area (Å²) in [6.07, 6.45) is 4.28. The Morgan fingerprint density at radius 2 is 2.71 bits per heavy atom. The van der Waals surface area contributed by atoms with E-state index in [1.165, 1.54) is 11.3 Å². The van der Waals surface area contributed by atoms with Crippen molar-refractivity contribution in [2.75, 3.05) is 11.9 Å². The number of rotatable bonds is 3. The molecule has 1 aliphatic rings. The van der Waals surface area contributed by atoms with Gasteiger partial charge in [0.25, 0.3) is 0 Å². The molecule has 1 atom stereocenters. The SMILES string of the molecule is O=C(CC1CCCO1)Nc1nccs1. The number of hydrogen-bond donors (Lipinski definition) is 1. The van der Waals surface area contributed by atoms with E-state index in [0.717, 1.165) is 19.4 Å². The monoisotopic (exact) mass is 212 g/mol. The van der Waals surface area contributed by atoms with Crippen molar-refractivity contribution in [2.24, 2.45) is 0 Å². The van der Waals surface area contributed by atoms with Crippen molar-refractivity contribution in [3.05, 3.63) is 11.6 Å². The molecule has 0 radical (unpaired) electrons. The van der Waals surface area contributed by atoms with Crippen molar-refractivity contribution >= 4 is 22.4 Å². The van der Waals surface area contributed by atoms with Gasteiger partial charge in [0, 0.05) is 18.2 Å². The first-order chi connectivity index (χ1) is 6.84. The van der Waals surface area contributed by atoms with Crippen LogP contribution in [0.2, 0.25) is 0 Å². The first kappa shape index (κ1) is 9.61. The fourth-order valence-corrected chi connectivity index (χ4v) is 2.01. The van der Waals surface area contributed by atoms with Crippen molar-refractivity contribution in [2.45, 2.75) is 25.4 Å². The molecular formula is C9H12N2O2S. The van der Waals surface area contributed by atoms with E-state index in [-0.39, 0.29) is 12.0 Å². The molecule has 0 saturated carbocycles. The Bertz CT molecular complexity index is 294. The average molecular weight is 212 g/mol. The highest BCUT2D eigenvalue weighted by Crippen LogP contribution is 2.17. The molecule has 1 fully saturated rings. The summed E-state index contributed by atoms with van der Waals surface area (Å²) in [5, 5.41) is 5.23. The van der Waals surface area contributed by atoms with Crippen LogP contribution in [0.25, 0.3) is 0 Å². The lowest BCUT2D eigenvalue weighted by Crippen LogP contribution is -2.19. The number of ether oxygens (including phenoxy) is 1. The van der Waals surface area contributed by atoms with Gasteiger partial charge in [-0.2, -0.15) is 0 Å². The number of thiazole rings is 1. The van der Waals surface area contributed by atoms with E-state index >= 15 is 0 Å². The first-order valence-electron chi connectivity index (χ1n) is 4.65. The van der Waals surface area contributed by atoms with E-state index in [4.69, 9.17) is 4.74 Å². The van der Waals surface area contributed by atoms with Crippen LogP contribution >= 0.6 is 11.3 Å². The van der Waals surface area contributed by atoms with E-state index in [0.29, 0.717) is 11.6 Å². The molecular weight excluding hydrogens is 200 g/mol. The minimum atomic E-state index is -0.00755. The smallest absolute Gasteiger partial charge is 0.228 e. The number of anilines is 1. The lowest BCUT2D eigenvalue weighted by Gasteiger charge is -2.07. The van der Waals surface area contributed by atoms with Gasteiger partial charge in [-0.25, -0.2) is 4.98 Å². The van der Waals surface area contributed by atoms with Crippen LogP contribution in [-0.2, 0) is 9.53 Å². The van der Waals surface area contributed by atoms with Crippen molar-refractivity contribution in [1.29, 1.82) is 0 Å². The van der Waals surface area contributed by atoms with Crippen molar-refractivity contribution in [1.82, 2.24) is 4.98 Å². The summed E-state index contributed by atoms with van der Waals surface area (Å²) in [5.74, 6) is -0.00755. The summed E-state index contributed by atoms with van der Waals surface area (Å²) in [6, 6.07) is 0. The molecule has 1 saturated heterocycles. The lowest BCUT2D eigenvalue weighted by molar-refractivity contribution is -0.118. The molecule has 1 amide bonds. The Labute approximate surface area is 86.3 Å². The van der Waals surface area contributed by atoms with E-state index in [2.05, 4.69) is 10.3 Å². The zero-order chi connectivity index (χ0) is 9.80. The molecule has 5 heteroatoms. The fourth-order valence-electron chi connectivity index (χ4n) is 1.47. The number of amides is 1. The predicted molar refractivity (Wildman–Crippen MR) is 54.3 cm³/mol.